The molecule has 1 aliphatic carbocycles. The van der Waals surface area contributed by atoms with Crippen molar-refractivity contribution in [2.75, 3.05) is 13.6 Å². The maximum Gasteiger partial charge on any atom is 0.0262 e. The molecule has 1 aliphatic heterocycles. The summed E-state index contributed by atoms with van der Waals surface area (Å²) in [6.07, 6.45) is 14.3. The Labute approximate surface area is 127 Å². The normalized spacial score (nSPS) is 28.6. The average Bonchev–Trinajstić information content (AvgIpc) is 2.51. The van der Waals surface area contributed by atoms with E-state index >= 15 is 0 Å². The fourth-order valence-electron chi connectivity index (χ4n) is 6.78. The number of hydrogen-bond acceptors (Lipinski definition) is 1. The van der Waals surface area contributed by atoms with Crippen molar-refractivity contribution in [2.24, 2.45) is 10.8 Å². The van der Waals surface area contributed by atoms with Gasteiger partial charge in [0.2, 0.25) is 0 Å². The topological polar surface area (TPSA) is 3.24 Å². The fourth-order valence-corrected chi connectivity index (χ4v) is 6.78. The fraction of sp³-hybridized carbons (Fsp3) is 1.00. The number of hydrogen-bond donors (Lipinski definition) is 0. The quantitative estimate of drug-likeness (QED) is 0.644. The molecule has 0 N–H and O–H groups in total. The van der Waals surface area contributed by atoms with Crippen LogP contribution in [0, 0.1) is 10.8 Å². The summed E-state index contributed by atoms with van der Waals surface area (Å²) in [6, 6.07) is 0. The lowest BCUT2D eigenvalue weighted by Crippen LogP contribution is -2.68. The summed E-state index contributed by atoms with van der Waals surface area (Å²) in [6.45, 7) is 11.2. The van der Waals surface area contributed by atoms with Crippen LogP contribution in [-0.4, -0.2) is 24.0 Å². The zero-order valence-electron chi connectivity index (χ0n) is 14.7. The lowest BCUT2D eigenvalue weighted by molar-refractivity contribution is -0.178. The van der Waals surface area contributed by atoms with Crippen molar-refractivity contribution in [1.29, 1.82) is 0 Å². The molecule has 0 atom stereocenters. The number of likely N-dealkylation sites (tertiary alicyclic amines) is 1. The molecule has 0 aromatic rings. The number of nitrogens with zero attached hydrogens (tertiary/aromatic N) is 1. The van der Waals surface area contributed by atoms with Gasteiger partial charge in [0.25, 0.3) is 0 Å². The minimum absolute atomic E-state index is 0.437. The highest BCUT2D eigenvalue weighted by Gasteiger charge is 2.62. The molecule has 1 nitrogen and oxygen atoms in total. The molecule has 0 bridgehead atoms. The number of piperidine rings is 1. The third-order valence-corrected chi connectivity index (χ3v) is 7.75. The monoisotopic (exact) mass is 279 g/mol. The molecule has 0 aromatic heterocycles. The average molecular weight is 280 g/mol. The van der Waals surface area contributed by atoms with Crippen molar-refractivity contribution in [2.45, 2.75) is 97.4 Å². The molecule has 0 amide bonds. The maximum atomic E-state index is 2.75. The van der Waals surface area contributed by atoms with Gasteiger partial charge in [0.15, 0.2) is 0 Å². The summed E-state index contributed by atoms with van der Waals surface area (Å²) in [5.41, 5.74) is 1.62. The maximum absolute atomic E-state index is 2.75. The van der Waals surface area contributed by atoms with Crippen LogP contribution in [0.15, 0.2) is 0 Å². The molecular formula is C19H37N. The molecule has 1 heteroatoms. The van der Waals surface area contributed by atoms with Gasteiger partial charge in [-0.15, -0.1) is 0 Å². The first-order valence-electron chi connectivity index (χ1n) is 9.29. The van der Waals surface area contributed by atoms with Gasteiger partial charge < -0.3 is 4.90 Å². The molecule has 2 aliphatic rings. The van der Waals surface area contributed by atoms with E-state index in [4.69, 9.17) is 0 Å². The highest BCUT2D eigenvalue weighted by Crippen LogP contribution is 2.65. The van der Waals surface area contributed by atoms with Gasteiger partial charge in [-0.3, -0.25) is 0 Å². The molecule has 2 fully saturated rings. The molecule has 2 rings (SSSR count). The zero-order valence-corrected chi connectivity index (χ0v) is 14.7. The summed E-state index contributed by atoms with van der Waals surface area (Å²) in [7, 11) is 2.41. The van der Waals surface area contributed by atoms with Gasteiger partial charge in [-0.25, -0.2) is 0 Å². The minimum atomic E-state index is 0.437. The van der Waals surface area contributed by atoms with Crippen molar-refractivity contribution in [1.82, 2.24) is 4.90 Å². The van der Waals surface area contributed by atoms with Crippen LogP contribution >= 0.6 is 0 Å². The van der Waals surface area contributed by atoms with Crippen LogP contribution in [0.25, 0.3) is 0 Å². The van der Waals surface area contributed by atoms with E-state index in [1.807, 2.05) is 0 Å². The van der Waals surface area contributed by atoms with E-state index in [1.165, 1.54) is 70.8 Å². The van der Waals surface area contributed by atoms with Crippen molar-refractivity contribution in [3.8, 4) is 0 Å². The van der Waals surface area contributed by atoms with E-state index in [1.54, 1.807) is 0 Å². The van der Waals surface area contributed by atoms with Crippen molar-refractivity contribution < 1.29 is 0 Å². The summed E-state index contributed by atoms with van der Waals surface area (Å²) < 4.78 is 0. The third kappa shape index (κ3) is 1.91. The Bertz CT molecular complexity index is 306. The highest BCUT2D eigenvalue weighted by atomic mass is 15.2. The van der Waals surface area contributed by atoms with Crippen LogP contribution in [0.4, 0.5) is 0 Å². The van der Waals surface area contributed by atoms with Crippen molar-refractivity contribution >= 4 is 0 Å². The lowest BCUT2D eigenvalue weighted by Gasteiger charge is -2.68. The second-order valence-electron chi connectivity index (χ2n) is 7.54. The minimum Gasteiger partial charge on any atom is -0.300 e. The SMILES string of the molecule is CCC1(CC)N(C)CCC2(CCCCC2)C1(CC)CC. The first kappa shape index (κ1) is 16.3. The number of rotatable bonds is 4. The van der Waals surface area contributed by atoms with Gasteiger partial charge in [0.05, 0.1) is 0 Å². The van der Waals surface area contributed by atoms with Crippen LogP contribution in [0.1, 0.15) is 91.9 Å². The lowest BCUT2D eigenvalue weighted by atomic mass is 9.43. The Hall–Kier alpha value is -0.0400. The van der Waals surface area contributed by atoms with Gasteiger partial charge in [-0.05, 0) is 69.4 Å². The van der Waals surface area contributed by atoms with Crippen molar-refractivity contribution in [3.63, 3.8) is 0 Å². The highest BCUT2D eigenvalue weighted by molar-refractivity contribution is 5.15. The largest absolute Gasteiger partial charge is 0.300 e. The summed E-state index contributed by atoms with van der Waals surface area (Å²) in [4.78, 5) is 2.75. The predicted molar refractivity (Wildman–Crippen MR) is 89.1 cm³/mol. The predicted octanol–water partition coefficient (Wildman–Crippen LogP) is 5.64. The Morgan fingerprint density at radius 1 is 0.750 bits per heavy atom. The summed E-state index contributed by atoms with van der Waals surface area (Å²) in [5, 5.41) is 0. The molecular weight excluding hydrogens is 242 g/mol. The van der Waals surface area contributed by atoms with Crippen LogP contribution in [0.2, 0.25) is 0 Å². The molecule has 0 aromatic carbocycles. The molecule has 0 unspecified atom stereocenters. The van der Waals surface area contributed by atoms with Crippen LogP contribution in [0.5, 0.6) is 0 Å². The van der Waals surface area contributed by atoms with E-state index in [0.29, 0.717) is 16.4 Å². The van der Waals surface area contributed by atoms with E-state index in [0.717, 1.165) is 0 Å². The summed E-state index contributed by atoms with van der Waals surface area (Å²) in [5.74, 6) is 0. The Morgan fingerprint density at radius 3 is 1.75 bits per heavy atom. The van der Waals surface area contributed by atoms with Gasteiger partial charge in [0.1, 0.15) is 0 Å². The zero-order chi connectivity index (χ0) is 14.9. The Balaban J connectivity index is 2.53. The molecule has 1 heterocycles. The summed E-state index contributed by atoms with van der Waals surface area (Å²) >= 11 is 0. The second kappa shape index (κ2) is 5.99. The van der Waals surface area contributed by atoms with E-state index in [2.05, 4.69) is 39.6 Å². The van der Waals surface area contributed by atoms with Gasteiger partial charge in [-0.1, -0.05) is 47.0 Å². The molecule has 1 spiro atoms. The Kier molecular flexibility index (Phi) is 4.89. The van der Waals surface area contributed by atoms with Crippen LogP contribution in [0.3, 0.4) is 0 Å². The smallest absolute Gasteiger partial charge is 0.0262 e. The van der Waals surface area contributed by atoms with E-state index < -0.39 is 0 Å². The second-order valence-corrected chi connectivity index (χ2v) is 7.54. The van der Waals surface area contributed by atoms with Crippen molar-refractivity contribution in [3.05, 3.63) is 0 Å². The third-order valence-electron chi connectivity index (χ3n) is 7.75. The van der Waals surface area contributed by atoms with Gasteiger partial charge in [0, 0.05) is 5.54 Å². The van der Waals surface area contributed by atoms with Crippen LogP contribution < -0.4 is 0 Å². The molecule has 1 saturated carbocycles. The standard InChI is InChI=1S/C19H37N/c1-6-18(7-2)17(13-11-10-12-14-17)15-16-20(5)19(18,8-3)9-4/h6-16H2,1-5H3. The molecule has 0 radical (unpaired) electrons. The van der Waals surface area contributed by atoms with Gasteiger partial charge >= 0.3 is 0 Å². The van der Waals surface area contributed by atoms with E-state index in [-0.39, 0.29) is 0 Å². The first-order chi connectivity index (χ1) is 9.58. The first-order valence-corrected chi connectivity index (χ1v) is 9.29. The molecule has 20 heavy (non-hydrogen) atoms. The van der Waals surface area contributed by atoms with E-state index in [9.17, 15) is 0 Å². The Morgan fingerprint density at radius 2 is 1.30 bits per heavy atom. The van der Waals surface area contributed by atoms with Crippen LogP contribution in [-0.2, 0) is 0 Å². The molecule has 1 saturated heterocycles. The van der Waals surface area contributed by atoms with Gasteiger partial charge in [-0.2, -0.15) is 0 Å². The molecule has 118 valence electrons.